The van der Waals surface area contributed by atoms with Gasteiger partial charge in [0.05, 0.1) is 19.3 Å². The number of hydrogen-bond donors (Lipinski definition) is 1. The van der Waals surface area contributed by atoms with Crippen LogP contribution < -0.4 is 0 Å². The molecule has 1 unspecified atom stereocenters. The van der Waals surface area contributed by atoms with Crippen molar-refractivity contribution in [2.45, 2.75) is 26.1 Å². The first-order valence-corrected chi connectivity index (χ1v) is 5.64. The second-order valence-corrected chi connectivity index (χ2v) is 4.07. The van der Waals surface area contributed by atoms with Crippen LogP contribution in [0.2, 0.25) is 0 Å². The molecule has 0 aliphatic carbocycles. The van der Waals surface area contributed by atoms with Gasteiger partial charge in [-0.05, 0) is 12.0 Å². The number of rotatable bonds is 7. The molecular formula is C14H20O2. The molecule has 1 aromatic carbocycles. The molecule has 0 saturated heterocycles. The molecule has 0 fully saturated rings. The molecule has 0 bridgehead atoms. The molecule has 0 saturated carbocycles. The van der Waals surface area contributed by atoms with Gasteiger partial charge in [0.15, 0.2) is 0 Å². The van der Waals surface area contributed by atoms with Gasteiger partial charge in [-0.3, -0.25) is 0 Å². The van der Waals surface area contributed by atoms with E-state index in [0.29, 0.717) is 19.6 Å². The third kappa shape index (κ3) is 4.60. The lowest BCUT2D eigenvalue weighted by atomic mass is 10.0. The molecule has 16 heavy (non-hydrogen) atoms. The topological polar surface area (TPSA) is 29.5 Å². The van der Waals surface area contributed by atoms with Gasteiger partial charge in [-0.1, -0.05) is 43.3 Å². The zero-order valence-electron chi connectivity index (χ0n) is 9.80. The van der Waals surface area contributed by atoms with Crippen LogP contribution in [0.5, 0.6) is 0 Å². The molecule has 1 rings (SSSR count). The van der Waals surface area contributed by atoms with Crippen LogP contribution in [0.1, 0.15) is 18.9 Å². The Kier molecular flexibility index (Phi) is 5.83. The van der Waals surface area contributed by atoms with Gasteiger partial charge in [-0.25, -0.2) is 0 Å². The summed E-state index contributed by atoms with van der Waals surface area (Å²) in [5.74, 6) is 0.140. The molecule has 0 aromatic heterocycles. The fourth-order valence-corrected chi connectivity index (χ4v) is 1.45. The van der Waals surface area contributed by atoms with Gasteiger partial charge in [0.2, 0.25) is 0 Å². The van der Waals surface area contributed by atoms with Crippen LogP contribution in [0, 0.1) is 5.92 Å². The summed E-state index contributed by atoms with van der Waals surface area (Å²) in [6.45, 7) is 6.77. The standard InChI is InChI=1S/C14H20O2/c1-3-7-14(15)12(2)10-16-11-13-8-5-4-6-9-13/h3-6,8-9,12,14-15H,1,7,10-11H2,2H3/t12-,14?/m1/s1. The highest BCUT2D eigenvalue weighted by atomic mass is 16.5. The van der Waals surface area contributed by atoms with E-state index in [0.717, 1.165) is 5.56 Å². The van der Waals surface area contributed by atoms with Crippen molar-refractivity contribution in [2.75, 3.05) is 6.61 Å². The van der Waals surface area contributed by atoms with Crippen LogP contribution in [0.15, 0.2) is 43.0 Å². The van der Waals surface area contributed by atoms with Crippen molar-refractivity contribution < 1.29 is 9.84 Å². The Morgan fingerprint density at radius 3 is 2.69 bits per heavy atom. The average molecular weight is 220 g/mol. The van der Waals surface area contributed by atoms with E-state index in [2.05, 4.69) is 6.58 Å². The lowest BCUT2D eigenvalue weighted by molar-refractivity contribution is 0.0303. The molecule has 0 amide bonds. The molecule has 0 spiro atoms. The van der Waals surface area contributed by atoms with Crippen molar-refractivity contribution in [1.29, 1.82) is 0 Å². The summed E-state index contributed by atoms with van der Waals surface area (Å²) in [5.41, 5.74) is 1.16. The smallest absolute Gasteiger partial charge is 0.0717 e. The Balaban J connectivity index is 2.22. The first kappa shape index (κ1) is 12.9. The summed E-state index contributed by atoms with van der Waals surface area (Å²) < 4.78 is 5.55. The molecule has 2 atom stereocenters. The molecule has 1 aromatic rings. The van der Waals surface area contributed by atoms with E-state index in [9.17, 15) is 5.11 Å². The van der Waals surface area contributed by atoms with Gasteiger partial charge in [0.25, 0.3) is 0 Å². The van der Waals surface area contributed by atoms with Crippen LogP contribution in [0.25, 0.3) is 0 Å². The van der Waals surface area contributed by atoms with Crippen LogP contribution in [0.4, 0.5) is 0 Å². The van der Waals surface area contributed by atoms with Crippen molar-refractivity contribution in [3.05, 3.63) is 48.6 Å². The van der Waals surface area contributed by atoms with Crippen molar-refractivity contribution in [3.8, 4) is 0 Å². The fraction of sp³-hybridized carbons (Fsp3) is 0.429. The highest BCUT2D eigenvalue weighted by Crippen LogP contribution is 2.09. The normalized spacial score (nSPS) is 14.4. The molecule has 2 nitrogen and oxygen atoms in total. The minimum Gasteiger partial charge on any atom is -0.392 e. The largest absolute Gasteiger partial charge is 0.392 e. The van der Waals surface area contributed by atoms with Gasteiger partial charge >= 0.3 is 0 Å². The SMILES string of the molecule is C=CCC(O)[C@H](C)COCc1ccccc1. The second kappa shape index (κ2) is 7.20. The minimum atomic E-state index is -0.353. The van der Waals surface area contributed by atoms with Crippen molar-refractivity contribution in [3.63, 3.8) is 0 Å². The first-order chi connectivity index (χ1) is 7.74. The second-order valence-electron chi connectivity index (χ2n) is 4.07. The summed E-state index contributed by atoms with van der Waals surface area (Å²) in [6.07, 6.45) is 2.00. The van der Waals surface area contributed by atoms with Crippen LogP contribution >= 0.6 is 0 Å². The fourth-order valence-electron chi connectivity index (χ4n) is 1.45. The number of hydrogen-bond acceptors (Lipinski definition) is 2. The molecule has 2 heteroatoms. The highest BCUT2D eigenvalue weighted by molar-refractivity contribution is 5.13. The molecular weight excluding hydrogens is 200 g/mol. The monoisotopic (exact) mass is 220 g/mol. The lowest BCUT2D eigenvalue weighted by Crippen LogP contribution is -2.21. The van der Waals surface area contributed by atoms with E-state index < -0.39 is 0 Å². The maximum Gasteiger partial charge on any atom is 0.0717 e. The summed E-state index contributed by atoms with van der Waals surface area (Å²) in [5, 5.41) is 9.66. The quantitative estimate of drug-likeness (QED) is 0.716. The predicted octanol–water partition coefficient (Wildman–Crippen LogP) is 2.78. The maximum atomic E-state index is 9.66. The summed E-state index contributed by atoms with van der Waals surface area (Å²) in [7, 11) is 0. The van der Waals surface area contributed by atoms with Gasteiger partial charge in [-0.2, -0.15) is 0 Å². The molecule has 88 valence electrons. The Bertz CT molecular complexity index is 295. The molecule has 0 aliphatic rings. The van der Waals surface area contributed by atoms with Crippen molar-refractivity contribution >= 4 is 0 Å². The van der Waals surface area contributed by atoms with Gasteiger partial charge < -0.3 is 9.84 Å². The lowest BCUT2D eigenvalue weighted by Gasteiger charge is -2.17. The zero-order valence-corrected chi connectivity index (χ0v) is 9.80. The summed E-state index contributed by atoms with van der Waals surface area (Å²) in [6, 6.07) is 10.0. The average Bonchev–Trinajstić information content (AvgIpc) is 2.30. The summed E-state index contributed by atoms with van der Waals surface area (Å²) >= 11 is 0. The first-order valence-electron chi connectivity index (χ1n) is 5.64. The third-order valence-corrected chi connectivity index (χ3v) is 2.56. The molecule has 0 aliphatic heterocycles. The van der Waals surface area contributed by atoms with E-state index in [1.165, 1.54) is 0 Å². The van der Waals surface area contributed by atoms with Crippen LogP contribution in [-0.4, -0.2) is 17.8 Å². The van der Waals surface area contributed by atoms with Crippen molar-refractivity contribution in [1.82, 2.24) is 0 Å². The number of benzene rings is 1. The van der Waals surface area contributed by atoms with Crippen molar-refractivity contribution in [2.24, 2.45) is 5.92 Å². The van der Waals surface area contributed by atoms with Gasteiger partial charge in [0, 0.05) is 5.92 Å². The van der Waals surface area contributed by atoms with Gasteiger partial charge in [0.1, 0.15) is 0 Å². The maximum absolute atomic E-state index is 9.66. The van der Waals surface area contributed by atoms with Crippen LogP contribution in [0.3, 0.4) is 0 Å². The molecule has 0 heterocycles. The molecule has 1 N–H and O–H groups in total. The Morgan fingerprint density at radius 2 is 2.06 bits per heavy atom. The number of ether oxygens (including phenoxy) is 1. The Morgan fingerprint density at radius 1 is 1.38 bits per heavy atom. The Hall–Kier alpha value is -1.12. The minimum absolute atomic E-state index is 0.140. The van der Waals surface area contributed by atoms with E-state index in [-0.39, 0.29) is 12.0 Å². The predicted molar refractivity (Wildman–Crippen MR) is 66.1 cm³/mol. The zero-order chi connectivity index (χ0) is 11.8. The molecule has 0 radical (unpaired) electrons. The van der Waals surface area contributed by atoms with E-state index >= 15 is 0 Å². The number of aliphatic hydroxyl groups excluding tert-OH is 1. The highest BCUT2D eigenvalue weighted by Gasteiger charge is 2.12. The van der Waals surface area contributed by atoms with E-state index in [1.807, 2.05) is 37.3 Å². The number of aliphatic hydroxyl groups is 1. The van der Waals surface area contributed by atoms with Gasteiger partial charge in [-0.15, -0.1) is 6.58 Å². The van der Waals surface area contributed by atoms with E-state index in [1.54, 1.807) is 6.08 Å². The van der Waals surface area contributed by atoms with E-state index in [4.69, 9.17) is 4.74 Å². The third-order valence-electron chi connectivity index (χ3n) is 2.56. The van der Waals surface area contributed by atoms with Crippen LogP contribution in [-0.2, 0) is 11.3 Å². The summed E-state index contributed by atoms with van der Waals surface area (Å²) in [4.78, 5) is 0. The Labute approximate surface area is 97.6 Å².